The molecule has 1 heterocycles. The van der Waals surface area contributed by atoms with Crippen LogP contribution in [0.5, 0.6) is 0 Å². The Labute approximate surface area is 118 Å². The van der Waals surface area contributed by atoms with E-state index in [1.807, 2.05) is 31.2 Å². The number of carbonyl (C=O) groups is 1. The number of para-hydroxylation sites is 1. The Hall–Kier alpha value is -2.30. The molecule has 2 rings (SSSR count). The SMILES string of the molecule is CCCNC(=O)CCNc1ccnc2c(N)cccc12. The Morgan fingerprint density at radius 3 is 2.95 bits per heavy atom. The molecule has 0 saturated heterocycles. The molecule has 0 saturated carbocycles. The first-order valence-corrected chi connectivity index (χ1v) is 6.86. The number of hydrogen-bond acceptors (Lipinski definition) is 4. The second kappa shape index (κ2) is 6.75. The summed E-state index contributed by atoms with van der Waals surface area (Å²) in [6.07, 6.45) is 3.12. The lowest BCUT2D eigenvalue weighted by Gasteiger charge is -2.10. The molecule has 0 spiro atoms. The lowest BCUT2D eigenvalue weighted by atomic mass is 10.1. The van der Waals surface area contributed by atoms with Gasteiger partial charge in [-0.05, 0) is 18.6 Å². The van der Waals surface area contributed by atoms with Crippen LogP contribution in [0.25, 0.3) is 10.9 Å². The smallest absolute Gasteiger partial charge is 0.221 e. The highest BCUT2D eigenvalue weighted by Gasteiger charge is 2.05. The summed E-state index contributed by atoms with van der Waals surface area (Å²) < 4.78 is 0. The van der Waals surface area contributed by atoms with E-state index in [0.29, 0.717) is 18.7 Å². The molecule has 2 aromatic rings. The number of aromatic nitrogens is 1. The number of nitrogens with two attached hydrogens (primary N) is 1. The van der Waals surface area contributed by atoms with E-state index in [9.17, 15) is 4.79 Å². The zero-order chi connectivity index (χ0) is 14.4. The van der Waals surface area contributed by atoms with E-state index in [2.05, 4.69) is 15.6 Å². The maximum atomic E-state index is 11.5. The number of hydrogen-bond donors (Lipinski definition) is 3. The third-order valence-electron chi connectivity index (χ3n) is 3.04. The van der Waals surface area contributed by atoms with Gasteiger partial charge in [0.2, 0.25) is 5.91 Å². The molecular weight excluding hydrogens is 252 g/mol. The van der Waals surface area contributed by atoms with Gasteiger partial charge in [0.05, 0.1) is 11.2 Å². The predicted molar refractivity (Wildman–Crippen MR) is 82.6 cm³/mol. The minimum Gasteiger partial charge on any atom is -0.397 e. The summed E-state index contributed by atoms with van der Waals surface area (Å²) >= 11 is 0. The highest BCUT2D eigenvalue weighted by Crippen LogP contribution is 2.25. The van der Waals surface area contributed by atoms with E-state index >= 15 is 0 Å². The number of carbonyl (C=O) groups excluding carboxylic acids is 1. The van der Waals surface area contributed by atoms with Crippen molar-refractivity contribution in [3.63, 3.8) is 0 Å². The molecule has 20 heavy (non-hydrogen) atoms. The van der Waals surface area contributed by atoms with Crippen LogP contribution in [-0.4, -0.2) is 24.0 Å². The molecule has 0 bridgehead atoms. The minimum atomic E-state index is 0.0669. The first kappa shape index (κ1) is 14.1. The van der Waals surface area contributed by atoms with Crippen molar-refractivity contribution in [2.45, 2.75) is 19.8 Å². The molecule has 0 aliphatic heterocycles. The average Bonchev–Trinajstić information content (AvgIpc) is 2.46. The lowest BCUT2D eigenvalue weighted by Crippen LogP contribution is -2.25. The van der Waals surface area contributed by atoms with E-state index in [1.165, 1.54) is 0 Å². The van der Waals surface area contributed by atoms with Crippen LogP contribution >= 0.6 is 0 Å². The number of nitrogen functional groups attached to an aromatic ring is 1. The molecule has 1 aromatic carbocycles. The van der Waals surface area contributed by atoms with E-state index in [4.69, 9.17) is 5.73 Å². The minimum absolute atomic E-state index is 0.0669. The molecule has 106 valence electrons. The summed E-state index contributed by atoms with van der Waals surface area (Å²) in [5.41, 5.74) is 8.30. The fourth-order valence-corrected chi connectivity index (χ4v) is 2.02. The van der Waals surface area contributed by atoms with Gasteiger partial charge in [-0.2, -0.15) is 0 Å². The zero-order valence-electron chi connectivity index (χ0n) is 11.6. The van der Waals surface area contributed by atoms with Gasteiger partial charge in [-0.25, -0.2) is 0 Å². The van der Waals surface area contributed by atoms with Gasteiger partial charge in [0.25, 0.3) is 0 Å². The van der Waals surface area contributed by atoms with Crippen LogP contribution in [0.2, 0.25) is 0 Å². The normalized spacial score (nSPS) is 10.4. The summed E-state index contributed by atoms with van der Waals surface area (Å²) in [6, 6.07) is 7.60. The molecule has 1 aromatic heterocycles. The van der Waals surface area contributed by atoms with Crippen LogP contribution in [0.15, 0.2) is 30.5 Å². The van der Waals surface area contributed by atoms with Gasteiger partial charge < -0.3 is 16.4 Å². The quantitative estimate of drug-likeness (QED) is 0.704. The molecule has 4 N–H and O–H groups in total. The predicted octanol–water partition coefficient (Wildman–Crippen LogP) is 2.15. The van der Waals surface area contributed by atoms with Gasteiger partial charge in [0.15, 0.2) is 0 Å². The van der Waals surface area contributed by atoms with Gasteiger partial charge in [0, 0.05) is 36.8 Å². The number of benzene rings is 1. The van der Waals surface area contributed by atoms with E-state index in [1.54, 1.807) is 6.20 Å². The summed E-state index contributed by atoms with van der Waals surface area (Å²) in [5.74, 6) is 0.0669. The average molecular weight is 272 g/mol. The molecule has 0 aliphatic rings. The van der Waals surface area contributed by atoms with Crippen LogP contribution in [0.4, 0.5) is 11.4 Å². The number of anilines is 2. The van der Waals surface area contributed by atoms with Crippen LogP contribution < -0.4 is 16.4 Å². The number of nitrogens with zero attached hydrogens (tertiary/aromatic N) is 1. The van der Waals surface area contributed by atoms with Crippen molar-refractivity contribution in [3.8, 4) is 0 Å². The van der Waals surface area contributed by atoms with Gasteiger partial charge in [-0.3, -0.25) is 9.78 Å². The molecule has 5 nitrogen and oxygen atoms in total. The molecule has 0 unspecified atom stereocenters. The third kappa shape index (κ3) is 3.38. The van der Waals surface area contributed by atoms with Gasteiger partial charge >= 0.3 is 0 Å². The fourth-order valence-electron chi connectivity index (χ4n) is 2.02. The molecule has 5 heteroatoms. The van der Waals surface area contributed by atoms with Gasteiger partial charge in [0.1, 0.15) is 0 Å². The largest absolute Gasteiger partial charge is 0.397 e. The second-order valence-corrected chi connectivity index (χ2v) is 4.63. The van der Waals surface area contributed by atoms with Crippen LogP contribution in [-0.2, 0) is 4.79 Å². The Balaban J connectivity index is 2.00. The highest BCUT2D eigenvalue weighted by atomic mass is 16.1. The topological polar surface area (TPSA) is 80.0 Å². The standard InChI is InChI=1S/C15H20N4O/c1-2-8-18-14(20)7-10-17-13-6-9-19-15-11(13)4-3-5-12(15)16/h3-6,9H,2,7-8,10,16H2,1H3,(H,17,19)(H,18,20). The molecule has 1 amide bonds. The van der Waals surface area contributed by atoms with Crippen molar-refractivity contribution in [3.05, 3.63) is 30.5 Å². The Morgan fingerprint density at radius 2 is 2.15 bits per heavy atom. The Kier molecular flexibility index (Phi) is 4.76. The molecule has 0 aliphatic carbocycles. The summed E-state index contributed by atoms with van der Waals surface area (Å²) in [7, 11) is 0. The maximum absolute atomic E-state index is 11.5. The number of fused-ring (bicyclic) bond motifs is 1. The Bertz CT molecular complexity index is 597. The van der Waals surface area contributed by atoms with Crippen molar-refractivity contribution in [1.82, 2.24) is 10.3 Å². The van der Waals surface area contributed by atoms with Crippen molar-refractivity contribution in [1.29, 1.82) is 0 Å². The summed E-state index contributed by atoms with van der Waals surface area (Å²) in [6.45, 7) is 3.35. The van der Waals surface area contributed by atoms with Crippen LogP contribution in [0.1, 0.15) is 19.8 Å². The van der Waals surface area contributed by atoms with E-state index in [0.717, 1.165) is 29.6 Å². The molecular formula is C15H20N4O. The van der Waals surface area contributed by atoms with E-state index < -0.39 is 0 Å². The van der Waals surface area contributed by atoms with Crippen LogP contribution in [0, 0.1) is 0 Å². The lowest BCUT2D eigenvalue weighted by molar-refractivity contribution is -0.120. The number of amides is 1. The fraction of sp³-hybridized carbons (Fsp3) is 0.333. The number of pyridine rings is 1. The summed E-state index contributed by atoms with van der Waals surface area (Å²) in [5, 5.41) is 7.09. The van der Waals surface area contributed by atoms with Crippen molar-refractivity contribution < 1.29 is 4.79 Å². The first-order chi connectivity index (χ1) is 9.72. The van der Waals surface area contributed by atoms with Crippen molar-refractivity contribution >= 4 is 28.2 Å². The van der Waals surface area contributed by atoms with Crippen molar-refractivity contribution in [2.24, 2.45) is 0 Å². The molecule has 0 radical (unpaired) electrons. The molecule has 0 fully saturated rings. The van der Waals surface area contributed by atoms with E-state index in [-0.39, 0.29) is 5.91 Å². The second-order valence-electron chi connectivity index (χ2n) is 4.63. The van der Waals surface area contributed by atoms with Crippen LogP contribution in [0.3, 0.4) is 0 Å². The zero-order valence-corrected chi connectivity index (χ0v) is 11.6. The summed E-state index contributed by atoms with van der Waals surface area (Å²) in [4.78, 5) is 15.8. The van der Waals surface area contributed by atoms with Gasteiger partial charge in [-0.15, -0.1) is 0 Å². The van der Waals surface area contributed by atoms with Crippen molar-refractivity contribution in [2.75, 3.05) is 24.1 Å². The highest BCUT2D eigenvalue weighted by molar-refractivity contribution is 5.97. The van der Waals surface area contributed by atoms with Gasteiger partial charge in [-0.1, -0.05) is 19.1 Å². The monoisotopic (exact) mass is 272 g/mol. The maximum Gasteiger partial charge on any atom is 0.221 e. The Morgan fingerprint density at radius 1 is 1.30 bits per heavy atom. The number of rotatable bonds is 6. The first-order valence-electron chi connectivity index (χ1n) is 6.86. The number of nitrogens with one attached hydrogen (secondary N) is 2. The third-order valence-corrected chi connectivity index (χ3v) is 3.04. The molecule has 0 atom stereocenters.